The maximum Gasteiger partial charge on any atom is 0.240 e. The van der Waals surface area contributed by atoms with Crippen LogP contribution < -0.4 is 11.6 Å². The first kappa shape index (κ1) is 8.28. The molecule has 0 saturated heterocycles. The molecule has 0 bridgehead atoms. The Morgan fingerprint density at radius 3 is 2.73 bits per heavy atom. The van der Waals surface area contributed by atoms with E-state index in [1.165, 1.54) is 15.8 Å². The van der Waals surface area contributed by atoms with Crippen molar-refractivity contribution in [3.05, 3.63) is 41.2 Å². The van der Waals surface area contributed by atoms with Crippen LogP contribution in [-0.4, -0.2) is 14.9 Å². The van der Waals surface area contributed by atoms with E-state index in [9.17, 15) is 0 Å². The monoisotopic (exact) mass is 201 g/mol. The molecule has 0 spiro atoms. The summed E-state index contributed by atoms with van der Waals surface area (Å²) in [6, 6.07) is 8.27. The maximum absolute atomic E-state index is 5.74. The van der Waals surface area contributed by atoms with E-state index in [2.05, 4.69) is 22.3 Å². The van der Waals surface area contributed by atoms with Gasteiger partial charge in [-0.15, -0.1) is 10.2 Å². The maximum atomic E-state index is 5.74. The number of fused-ring (bicyclic) bond motifs is 1. The summed E-state index contributed by atoms with van der Waals surface area (Å²) < 4.78 is 1.36. The second kappa shape index (κ2) is 2.73. The number of nitrogens with zero attached hydrogens (tertiary/aromatic N) is 3. The number of hydrogen-bond donors (Lipinski definition) is 2. The van der Waals surface area contributed by atoms with Crippen LogP contribution in [-0.2, 0) is 6.42 Å². The molecule has 1 unspecified atom stereocenters. The summed E-state index contributed by atoms with van der Waals surface area (Å²) in [6.45, 7) is 0. The van der Waals surface area contributed by atoms with Gasteiger partial charge in [0.1, 0.15) is 0 Å². The molecule has 1 aliphatic carbocycles. The summed E-state index contributed by atoms with van der Waals surface area (Å²) in [4.78, 5) is 0. The predicted octanol–water partition coefficient (Wildman–Crippen LogP) is 0.262. The third-order valence-corrected chi connectivity index (χ3v) is 2.91. The average Bonchev–Trinajstić information content (AvgIpc) is 2.52. The van der Waals surface area contributed by atoms with E-state index in [0.29, 0.717) is 0 Å². The Morgan fingerprint density at radius 2 is 2.07 bits per heavy atom. The van der Waals surface area contributed by atoms with E-state index in [1.54, 1.807) is 0 Å². The van der Waals surface area contributed by atoms with Crippen molar-refractivity contribution in [1.82, 2.24) is 14.9 Å². The lowest BCUT2D eigenvalue weighted by Crippen LogP contribution is -2.25. The fraction of sp³-hybridized carbons (Fsp3) is 0.200. The number of rotatable bonds is 1. The fourth-order valence-corrected chi connectivity index (χ4v) is 2.04. The highest BCUT2D eigenvalue weighted by Gasteiger charge is 2.31. The van der Waals surface area contributed by atoms with Crippen LogP contribution in [0, 0.1) is 0 Å². The van der Waals surface area contributed by atoms with Gasteiger partial charge in [-0.3, -0.25) is 0 Å². The van der Waals surface area contributed by atoms with E-state index in [1.807, 2.05) is 12.1 Å². The van der Waals surface area contributed by atoms with Crippen molar-refractivity contribution in [1.29, 1.82) is 0 Å². The molecule has 5 nitrogen and oxygen atoms in total. The van der Waals surface area contributed by atoms with Crippen LogP contribution >= 0.6 is 0 Å². The molecule has 0 radical (unpaired) electrons. The van der Waals surface area contributed by atoms with Gasteiger partial charge in [0.15, 0.2) is 5.82 Å². The van der Waals surface area contributed by atoms with Crippen molar-refractivity contribution in [2.45, 2.75) is 12.3 Å². The van der Waals surface area contributed by atoms with E-state index < -0.39 is 0 Å². The van der Waals surface area contributed by atoms with Crippen molar-refractivity contribution in [3.63, 3.8) is 0 Å². The van der Waals surface area contributed by atoms with Gasteiger partial charge in [-0.05, 0) is 17.5 Å². The predicted molar refractivity (Wildman–Crippen MR) is 56.6 cm³/mol. The zero-order chi connectivity index (χ0) is 10.4. The average molecular weight is 201 g/mol. The molecular formula is C10H11N5. The molecule has 2 aromatic rings. The van der Waals surface area contributed by atoms with Gasteiger partial charge in [0.25, 0.3) is 0 Å². The quantitative estimate of drug-likeness (QED) is 0.648. The van der Waals surface area contributed by atoms with Gasteiger partial charge in [0.2, 0.25) is 5.95 Å². The second-order valence-corrected chi connectivity index (χ2v) is 3.74. The van der Waals surface area contributed by atoms with Gasteiger partial charge in [-0.25, -0.2) is 4.68 Å². The van der Waals surface area contributed by atoms with Gasteiger partial charge < -0.3 is 11.6 Å². The number of nitrogens with two attached hydrogens (primary N) is 2. The number of anilines is 1. The number of hydrogen-bond acceptors (Lipinski definition) is 4. The molecular weight excluding hydrogens is 190 g/mol. The zero-order valence-electron chi connectivity index (χ0n) is 8.09. The summed E-state index contributed by atoms with van der Waals surface area (Å²) >= 11 is 0. The Kier molecular flexibility index (Phi) is 1.50. The normalized spacial score (nSPS) is 18.3. The summed E-state index contributed by atoms with van der Waals surface area (Å²) in [5, 5.41) is 7.76. The summed E-state index contributed by atoms with van der Waals surface area (Å²) in [5.74, 6) is 6.98. The lowest BCUT2D eigenvalue weighted by atomic mass is 9.77. The molecule has 5 heteroatoms. The van der Waals surface area contributed by atoms with Crippen LogP contribution in [0.15, 0.2) is 24.3 Å². The van der Waals surface area contributed by atoms with E-state index in [0.717, 1.165) is 12.2 Å². The minimum Gasteiger partial charge on any atom is -0.366 e. The second-order valence-electron chi connectivity index (χ2n) is 3.74. The van der Waals surface area contributed by atoms with Crippen LogP contribution in [0.3, 0.4) is 0 Å². The van der Waals surface area contributed by atoms with Crippen molar-refractivity contribution in [2.24, 2.45) is 0 Å². The van der Waals surface area contributed by atoms with Gasteiger partial charge in [-0.1, -0.05) is 24.3 Å². The first-order valence-electron chi connectivity index (χ1n) is 4.81. The topological polar surface area (TPSA) is 82.8 Å². The molecule has 0 amide bonds. The Bertz CT molecular complexity index is 516. The lowest BCUT2D eigenvalue weighted by molar-refractivity contribution is 0.638. The molecule has 0 fully saturated rings. The molecule has 76 valence electrons. The van der Waals surface area contributed by atoms with Crippen molar-refractivity contribution >= 4 is 5.95 Å². The molecule has 1 aromatic heterocycles. The van der Waals surface area contributed by atoms with Crippen molar-refractivity contribution in [3.8, 4) is 0 Å². The van der Waals surface area contributed by atoms with Crippen molar-refractivity contribution in [2.75, 3.05) is 11.6 Å². The summed E-state index contributed by atoms with van der Waals surface area (Å²) in [7, 11) is 0. The first-order chi connectivity index (χ1) is 7.27. The highest BCUT2D eigenvalue weighted by Crippen LogP contribution is 2.38. The van der Waals surface area contributed by atoms with Crippen LogP contribution in [0.2, 0.25) is 0 Å². The highest BCUT2D eigenvalue weighted by molar-refractivity contribution is 5.44. The van der Waals surface area contributed by atoms with Crippen LogP contribution in [0.1, 0.15) is 22.9 Å². The summed E-state index contributed by atoms with van der Waals surface area (Å²) in [5.41, 5.74) is 8.17. The smallest absolute Gasteiger partial charge is 0.240 e. The standard InChI is InChI=1S/C10H11N5/c11-10-14-13-9(15(10)12)8-5-6-3-1-2-4-7(6)8/h1-4,8H,5,12H2,(H2,11,14). The van der Waals surface area contributed by atoms with Gasteiger partial charge in [0.05, 0.1) is 5.92 Å². The van der Waals surface area contributed by atoms with Gasteiger partial charge in [-0.2, -0.15) is 0 Å². The zero-order valence-corrected chi connectivity index (χ0v) is 8.09. The Hall–Kier alpha value is -2.04. The Labute approximate surface area is 86.7 Å². The van der Waals surface area contributed by atoms with Crippen LogP contribution in [0.25, 0.3) is 0 Å². The number of aromatic nitrogens is 3. The number of benzene rings is 1. The minimum absolute atomic E-state index is 0.246. The molecule has 1 aromatic carbocycles. The van der Waals surface area contributed by atoms with Gasteiger partial charge in [0, 0.05) is 0 Å². The molecule has 15 heavy (non-hydrogen) atoms. The molecule has 0 saturated carbocycles. The molecule has 1 atom stereocenters. The fourth-order valence-electron chi connectivity index (χ4n) is 2.04. The van der Waals surface area contributed by atoms with Crippen LogP contribution in [0.4, 0.5) is 5.95 Å². The summed E-state index contributed by atoms with van der Waals surface area (Å²) in [6.07, 6.45) is 0.964. The Morgan fingerprint density at radius 1 is 1.27 bits per heavy atom. The molecule has 1 aliphatic rings. The third-order valence-electron chi connectivity index (χ3n) is 2.91. The van der Waals surface area contributed by atoms with E-state index >= 15 is 0 Å². The first-order valence-corrected chi connectivity index (χ1v) is 4.81. The molecule has 1 heterocycles. The highest BCUT2D eigenvalue weighted by atomic mass is 15.4. The van der Waals surface area contributed by atoms with Gasteiger partial charge >= 0.3 is 0 Å². The van der Waals surface area contributed by atoms with Crippen LogP contribution in [0.5, 0.6) is 0 Å². The molecule has 0 aliphatic heterocycles. The molecule has 3 rings (SSSR count). The van der Waals surface area contributed by atoms with E-state index in [4.69, 9.17) is 11.6 Å². The minimum atomic E-state index is 0.246. The van der Waals surface area contributed by atoms with E-state index in [-0.39, 0.29) is 11.9 Å². The lowest BCUT2D eigenvalue weighted by Gasteiger charge is -2.28. The molecule has 4 N–H and O–H groups in total. The van der Waals surface area contributed by atoms with Crippen molar-refractivity contribution < 1.29 is 0 Å². The Balaban J connectivity index is 2.03. The SMILES string of the molecule is Nc1nnc(C2Cc3ccccc32)n1N. The largest absolute Gasteiger partial charge is 0.366 e. The number of nitrogen functional groups attached to an aromatic ring is 2. The third kappa shape index (κ3) is 1.03.